The molecule has 2 N–H and O–H groups in total. The van der Waals surface area contributed by atoms with Gasteiger partial charge in [-0.05, 0) is 26.0 Å². The normalized spacial score (nSPS) is 14.2. The fourth-order valence-electron chi connectivity index (χ4n) is 0.995. The molecule has 1 rings (SSSR count). The Balaban J connectivity index is 3.03. The van der Waals surface area contributed by atoms with E-state index in [1.807, 2.05) is 13.8 Å². The highest BCUT2D eigenvalue weighted by atomic mass is 35.5. The molecular weight excluding hydrogens is 201 g/mol. The number of hydrogen-bond donors (Lipinski definition) is 1. The molecular formula is C11H13ClFN. The van der Waals surface area contributed by atoms with Gasteiger partial charge in [-0.25, -0.2) is 4.39 Å². The lowest BCUT2D eigenvalue weighted by molar-refractivity contribution is 0.625. The molecule has 1 nitrogen and oxygen atoms in total. The Kier molecular flexibility index (Phi) is 3.67. The monoisotopic (exact) mass is 213 g/mol. The van der Waals surface area contributed by atoms with Gasteiger partial charge in [-0.1, -0.05) is 29.3 Å². The lowest BCUT2D eigenvalue weighted by Crippen LogP contribution is -2.15. The van der Waals surface area contributed by atoms with Crippen LogP contribution in [0.5, 0.6) is 0 Å². The van der Waals surface area contributed by atoms with E-state index in [2.05, 4.69) is 0 Å². The van der Waals surface area contributed by atoms with E-state index < -0.39 is 0 Å². The van der Waals surface area contributed by atoms with Gasteiger partial charge in [0, 0.05) is 16.6 Å². The van der Waals surface area contributed by atoms with Crippen molar-refractivity contribution in [3.63, 3.8) is 0 Å². The number of rotatable bonds is 2. The van der Waals surface area contributed by atoms with Crippen LogP contribution in [0.1, 0.15) is 19.4 Å². The molecule has 1 unspecified atom stereocenters. The first-order valence-electron chi connectivity index (χ1n) is 4.39. The van der Waals surface area contributed by atoms with Crippen molar-refractivity contribution in [1.82, 2.24) is 0 Å². The molecule has 0 aliphatic rings. The minimum absolute atomic E-state index is 0.0647. The first-order valence-corrected chi connectivity index (χ1v) is 4.77. The van der Waals surface area contributed by atoms with Crippen molar-refractivity contribution in [1.29, 1.82) is 0 Å². The van der Waals surface area contributed by atoms with Crippen LogP contribution in [0.3, 0.4) is 0 Å². The Morgan fingerprint density at radius 2 is 2.21 bits per heavy atom. The standard InChI is InChI=1S/C11H13ClFN/c1-7(8(2)14)5-9-3-4-10(12)6-11(9)13/h3-6,8H,14H2,1-2H3/b7-5+. The lowest BCUT2D eigenvalue weighted by Gasteiger charge is -2.05. The van der Waals surface area contributed by atoms with E-state index in [0.717, 1.165) is 5.57 Å². The highest BCUT2D eigenvalue weighted by Crippen LogP contribution is 2.17. The summed E-state index contributed by atoms with van der Waals surface area (Å²) >= 11 is 5.63. The summed E-state index contributed by atoms with van der Waals surface area (Å²) in [7, 11) is 0. The average molecular weight is 214 g/mol. The summed E-state index contributed by atoms with van der Waals surface area (Å²) in [6.07, 6.45) is 1.73. The van der Waals surface area contributed by atoms with Crippen molar-refractivity contribution < 1.29 is 4.39 Å². The second-order valence-electron chi connectivity index (χ2n) is 3.34. The molecule has 0 spiro atoms. The third-order valence-corrected chi connectivity index (χ3v) is 2.30. The molecule has 14 heavy (non-hydrogen) atoms. The van der Waals surface area contributed by atoms with Crippen LogP contribution in [0, 0.1) is 5.82 Å². The third kappa shape index (κ3) is 2.82. The third-order valence-electron chi connectivity index (χ3n) is 2.06. The molecule has 0 radical (unpaired) electrons. The van der Waals surface area contributed by atoms with Gasteiger partial charge in [0.25, 0.3) is 0 Å². The van der Waals surface area contributed by atoms with Crippen LogP contribution in [0.4, 0.5) is 4.39 Å². The summed E-state index contributed by atoms with van der Waals surface area (Å²) in [4.78, 5) is 0. The zero-order valence-corrected chi connectivity index (χ0v) is 8.98. The SMILES string of the molecule is C/C(=C\c1ccc(Cl)cc1F)C(C)N. The highest BCUT2D eigenvalue weighted by molar-refractivity contribution is 6.30. The van der Waals surface area contributed by atoms with Crippen LogP contribution in [0.25, 0.3) is 6.08 Å². The van der Waals surface area contributed by atoms with Crippen molar-refractivity contribution >= 4 is 17.7 Å². The molecule has 76 valence electrons. The van der Waals surface area contributed by atoms with Crippen molar-refractivity contribution in [2.24, 2.45) is 5.73 Å². The maximum atomic E-state index is 13.3. The number of benzene rings is 1. The molecule has 3 heteroatoms. The Bertz CT molecular complexity index is 358. The molecule has 0 bridgehead atoms. The molecule has 0 fully saturated rings. The van der Waals surface area contributed by atoms with Crippen LogP contribution >= 0.6 is 11.6 Å². The van der Waals surface area contributed by atoms with Crippen molar-refractivity contribution in [3.05, 3.63) is 40.2 Å². The van der Waals surface area contributed by atoms with Gasteiger partial charge in [0.2, 0.25) is 0 Å². The lowest BCUT2D eigenvalue weighted by atomic mass is 10.1. The van der Waals surface area contributed by atoms with E-state index in [9.17, 15) is 4.39 Å². The molecule has 0 saturated heterocycles. The first kappa shape index (κ1) is 11.2. The smallest absolute Gasteiger partial charge is 0.131 e. The van der Waals surface area contributed by atoms with Crippen molar-refractivity contribution in [2.45, 2.75) is 19.9 Å². The Morgan fingerprint density at radius 1 is 1.57 bits per heavy atom. The van der Waals surface area contributed by atoms with E-state index in [4.69, 9.17) is 17.3 Å². The van der Waals surface area contributed by atoms with Crippen LogP contribution in [0.15, 0.2) is 23.8 Å². The Hall–Kier alpha value is -0.860. The van der Waals surface area contributed by atoms with Gasteiger partial charge < -0.3 is 5.73 Å². The minimum atomic E-state index is -0.322. The number of nitrogens with two attached hydrogens (primary N) is 1. The second-order valence-corrected chi connectivity index (χ2v) is 3.78. The van der Waals surface area contributed by atoms with Gasteiger partial charge in [0.1, 0.15) is 5.82 Å². The van der Waals surface area contributed by atoms with Gasteiger partial charge in [-0.2, -0.15) is 0 Å². The molecule has 0 aliphatic heterocycles. The van der Waals surface area contributed by atoms with Crippen LogP contribution < -0.4 is 5.73 Å². The van der Waals surface area contributed by atoms with Crippen molar-refractivity contribution in [3.8, 4) is 0 Å². The van der Waals surface area contributed by atoms with Gasteiger partial charge in [0.15, 0.2) is 0 Å². The fourth-order valence-corrected chi connectivity index (χ4v) is 1.15. The minimum Gasteiger partial charge on any atom is -0.324 e. The maximum absolute atomic E-state index is 13.3. The summed E-state index contributed by atoms with van der Waals surface area (Å²) in [5.74, 6) is -0.322. The summed E-state index contributed by atoms with van der Waals surface area (Å²) in [5, 5.41) is 0.401. The second kappa shape index (κ2) is 4.58. The molecule has 0 saturated carbocycles. The molecule has 1 aromatic carbocycles. The predicted molar refractivity (Wildman–Crippen MR) is 58.7 cm³/mol. The molecule has 0 amide bonds. The van der Waals surface area contributed by atoms with Crippen LogP contribution in [-0.4, -0.2) is 6.04 Å². The summed E-state index contributed by atoms with van der Waals surface area (Å²) in [6.45, 7) is 3.73. The van der Waals surface area contributed by atoms with E-state index in [0.29, 0.717) is 10.6 Å². The van der Waals surface area contributed by atoms with Gasteiger partial charge in [-0.3, -0.25) is 0 Å². The zero-order valence-electron chi connectivity index (χ0n) is 8.22. The van der Waals surface area contributed by atoms with E-state index in [-0.39, 0.29) is 11.9 Å². The van der Waals surface area contributed by atoms with Gasteiger partial charge in [-0.15, -0.1) is 0 Å². The topological polar surface area (TPSA) is 26.0 Å². The van der Waals surface area contributed by atoms with Crippen LogP contribution in [-0.2, 0) is 0 Å². The molecule has 1 atom stereocenters. The quantitative estimate of drug-likeness (QED) is 0.802. The summed E-state index contributed by atoms with van der Waals surface area (Å²) in [6, 6.07) is 4.53. The van der Waals surface area contributed by atoms with Crippen molar-refractivity contribution in [2.75, 3.05) is 0 Å². The van der Waals surface area contributed by atoms with Gasteiger partial charge >= 0.3 is 0 Å². The molecule has 0 heterocycles. The largest absolute Gasteiger partial charge is 0.324 e. The fraction of sp³-hybridized carbons (Fsp3) is 0.273. The molecule has 0 aromatic heterocycles. The average Bonchev–Trinajstić information content (AvgIpc) is 2.09. The highest BCUT2D eigenvalue weighted by Gasteiger charge is 2.02. The molecule has 0 aliphatic carbocycles. The number of hydrogen-bond acceptors (Lipinski definition) is 1. The Morgan fingerprint density at radius 3 is 2.71 bits per heavy atom. The molecule has 1 aromatic rings. The summed E-state index contributed by atoms with van der Waals surface area (Å²) in [5.41, 5.74) is 7.10. The zero-order chi connectivity index (χ0) is 10.7. The van der Waals surface area contributed by atoms with E-state index in [1.54, 1.807) is 18.2 Å². The number of halogens is 2. The predicted octanol–water partition coefficient (Wildman–Crippen LogP) is 3.23. The summed E-state index contributed by atoms with van der Waals surface area (Å²) < 4.78 is 13.3. The Labute approximate surface area is 88.4 Å². The maximum Gasteiger partial charge on any atom is 0.131 e. The van der Waals surface area contributed by atoms with E-state index in [1.165, 1.54) is 6.07 Å². The van der Waals surface area contributed by atoms with Gasteiger partial charge in [0.05, 0.1) is 0 Å². The first-order chi connectivity index (χ1) is 6.50. The van der Waals surface area contributed by atoms with E-state index >= 15 is 0 Å². The van der Waals surface area contributed by atoms with Crippen LogP contribution in [0.2, 0.25) is 5.02 Å².